The molecule has 0 fully saturated rings. The molecule has 0 nitrogen and oxygen atoms in total. The molecule has 0 aliphatic carbocycles. The van der Waals surface area contributed by atoms with Gasteiger partial charge in [0, 0.05) is 0 Å². The molecular formula is C19H32. The summed E-state index contributed by atoms with van der Waals surface area (Å²) in [4.78, 5) is 0. The number of allylic oxidation sites excluding steroid dienone is 8. The van der Waals surface area contributed by atoms with Crippen molar-refractivity contribution >= 4 is 0 Å². The SMILES string of the molecule is CC/C=C\C/C=C\C/C=C\C/C=C\CCCCCC. The second kappa shape index (κ2) is 17.0. The molecule has 0 radical (unpaired) electrons. The minimum atomic E-state index is 1.06. The normalized spacial score (nSPS) is 12.7. The second-order valence-electron chi connectivity index (χ2n) is 4.85. The lowest BCUT2D eigenvalue weighted by Gasteiger charge is -1.93. The summed E-state index contributed by atoms with van der Waals surface area (Å²) >= 11 is 0. The predicted octanol–water partition coefficient (Wildman–Crippen LogP) is 6.76. The average Bonchev–Trinajstić information content (AvgIpc) is 2.43. The summed E-state index contributed by atoms with van der Waals surface area (Å²) in [5, 5.41) is 0. The van der Waals surface area contributed by atoms with Crippen LogP contribution in [0.4, 0.5) is 0 Å². The van der Waals surface area contributed by atoms with Crippen molar-refractivity contribution in [2.45, 2.75) is 71.6 Å². The van der Waals surface area contributed by atoms with Gasteiger partial charge in [-0.15, -0.1) is 0 Å². The number of unbranched alkanes of at least 4 members (excludes halogenated alkanes) is 4. The van der Waals surface area contributed by atoms with Crippen LogP contribution in [0.25, 0.3) is 0 Å². The van der Waals surface area contributed by atoms with Gasteiger partial charge in [-0.1, -0.05) is 81.7 Å². The molecule has 0 heterocycles. The van der Waals surface area contributed by atoms with Crippen molar-refractivity contribution in [3.63, 3.8) is 0 Å². The molecule has 0 aromatic rings. The highest BCUT2D eigenvalue weighted by molar-refractivity contribution is 4.99. The van der Waals surface area contributed by atoms with Crippen LogP contribution in [0.15, 0.2) is 48.6 Å². The zero-order valence-corrected chi connectivity index (χ0v) is 13.0. The van der Waals surface area contributed by atoms with Crippen LogP contribution < -0.4 is 0 Å². The number of rotatable bonds is 12. The lowest BCUT2D eigenvalue weighted by molar-refractivity contribution is 0.674. The molecule has 0 N–H and O–H groups in total. The van der Waals surface area contributed by atoms with Crippen LogP contribution in [-0.2, 0) is 0 Å². The maximum absolute atomic E-state index is 2.32. The van der Waals surface area contributed by atoms with Gasteiger partial charge in [0.15, 0.2) is 0 Å². The van der Waals surface area contributed by atoms with Gasteiger partial charge in [-0.3, -0.25) is 0 Å². The molecule has 0 saturated heterocycles. The van der Waals surface area contributed by atoms with Crippen molar-refractivity contribution in [3.05, 3.63) is 48.6 Å². The summed E-state index contributed by atoms with van der Waals surface area (Å²) in [7, 11) is 0. The highest BCUT2D eigenvalue weighted by Gasteiger charge is 1.83. The second-order valence-corrected chi connectivity index (χ2v) is 4.85. The highest BCUT2D eigenvalue weighted by atomic mass is 13.9. The molecule has 0 aliphatic rings. The quantitative estimate of drug-likeness (QED) is 0.268. The summed E-state index contributed by atoms with van der Waals surface area (Å²) in [6.07, 6.45) is 29.1. The van der Waals surface area contributed by atoms with Gasteiger partial charge in [0.1, 0.15) is 0 Å². The predicted molar refractivity (Wildman–Crippen MR) is 89.5 cm³/mol. The van der Waals surface area contributed by atoms with Gasteiger partial charge in [0.05, 0.1) is 0 Å². The fraction of sp³-hybridized carbons (Fsp3) is 0.579. The first-order valence-corrected chi connectivity index (χ1v) is 8.01. The zero-order valence-electron chi connectivity index (χ0n) is 13.0. The van der Waals surface area contributed by atoms with E-state index in [2.05, 4.69) is 62.5 Å². The molecular weight excluding hydrogens is 228 g/mol. The van der Waals surface area contributed by atoms with Crippen molar-refractivity contribution in [3.8, 4) is 0 Å². The van der Waals surface area contributed by atoms with Crippen LogP contribution in [0.2, 0.25) is 0 Å². The highest BCUT2D eigenvalue weighted by Crippen LogP contribution is 2.03. The van der Waals surface area contributed by atoms with Gasteiger partial charge < -0.3 is 0 Å². The van der Waals surface area contributed by atoms with Crippen LogP contribution >= 0.6 is 0 Å². The molecule has 19 heavy (non-hydrogen) atoms. The van der Waals surface area contributed by atoms with E-state index in [1.54, 1.807) is 0 Å². The van der Waals surface area contributed by atoms with E-state index in [9.17, 15) is 0 Å². The molecule has 0 aromatic heterocycles. The first kappa shape index (κ1) is 18.0. The summed E-state index contributed by atoms with van der Waals surface area (Å²) in [6, 6.07) is 0. The zero-order chi connectivity index (χ0) is 14.0. The fourth-order valence-electron chi connectivity index (χ4n) is 1.79. The van der Waals surface area contributed by atoms with E-state index < -0.39 is 0 Å². The summed E-state index contributed by atoms with van der Waals surface area (Å²) in [6.45, 7) is 4.43. The van der Waals surface area contributed by atoms with Crippen molar-refractivity contribution in [1.29, 1.82) is 0 Å². The smallest absolute Gasteiger partial charge is 0.0169 e. The lowest BCUT2D eigenvalue weighted by atomic mass is 10.1. The Morgan fingerprint density at radius 1 is 0.526 bits per heavy atom. The van der Waals surface area contributed by atoms with Gasteiger partial charge in [0.25, 0.3) is 0 Å². The van der Waals surface area contributed by atoms with Crippen molar-refractivity contribution in [2.75, 3.05) is 0 Å². The van der Waals surface area contributed by atoms with Crippen molar-refractivity contribution in [2.24, 2.45) is 0 Å². The Morgan fingerprint density at radius 2 is 1.05 bits per heavy atom. The molecule has 0 heteroatoms. The third-order valence-electron chi connectivity index (χ3n) is 2.94. The van der Waals surface area contributed by atoms with E-state index in [0.717, 1.165) is 25.7 Å². The van der Waals surface area contributed by atoms with Crippen LogP contribution in [0, 0.1) is 0 Å². The maximum Gasteiger partial charge on any atom is -0.0169 e. The molecule has 0 aliphatic heterocycles. The lowest BCUT2D eigenvalue weighted by Crippen LogP contribution is -1.73. The standard InChI is InChI=1S/C19H32/c1-3-5-7-9-11-13-15-17-19-18-16-14-12-10-8-6-4-2/h5,7,11,13-14,16-17,19H,3-4,6,8-10,12,15,18H2,1-2H3/b7-5-,13-11-,16-14-,19-17-. The largest absolute Gasteiger partial charge is 0.0885 e. The first-order chi connectivity index (χ1) is 9.41. The van der Waals surface area contributed by atoms with Gasteiger partial charge in [0.2, 0.25) is 0 Å². The van der Waals surface area contributed by atoms with Crippen LogP contribution in [0.1, 0.15) is 71.6 Å². The van der Waals surface area contributed by atoms with Crippen LogP contribution in [-0.4, -0.2) is 0 Å². The van der Waals surface area contributed by atoms with E-state index in [0.29, 0.717) is 0 Å². The van der Waals surface area contributed by atoms with Gasteiger partial charge in [-0.25, -0.2) is 0 Å². The van der Waals surface area contributed by atoms with E-state index >= 15 is 0 Å². The number of hydrogen-bond donors (Lipinski definition) is 0. The van der Waals surface area contributed by atoms with E-state index in [-0.39, 0.29) is 0 Å². The van der Waals surface area contributed by atoms with Gasteiger partial charge in [-0.2, -0.15) is 0 Å². The Bertz CT molecular complexity index is 266. The Labute approximate surface area is 121 Å². The molecule has 0 rings (SSSR count). The summed E-state index contributed by atoms with van der Waals surface area (Å²) in [5.41, 5.74) is 0. The molecule has 0 spiro atoms. The van der Waals surface area contributed by atoms with Crippen LogP contribution in [0.3, 0.4) is 0 Å². The Hall–Kier alpha value is -1.04. The third kappa shape index (κ3) is 17.0. The summed E-state index contributed by atoms with van der Waals surface area (Å²) in [5.74, 6) is 0. The van der Waals surface area contributed by atoms with Crippen molar-refractivity contribution in [1.82, 2.24) is 0 Å². The number of hydrogen-bond acceptors (Lipinski definition) is 0. The van der Waals surface area contributed by atoms with E-state index in [1.807, 2.05) is 0 Å². The molecule has 0 aromatic carbocycles. The molecule has 108 valence electrons. The minimum absolute atomic E-state index is 1.06. The van der Waals surface area contributed by atoms with Crippen molar-refractivity contribution < 1.29 is 0 Å². The fourth-order valence-corrected chi connectivity index (χ4v) is 1.79. The Kier molecular flexibility index (Phi) is 16.0. The molecule has 0 bridgehead atoms. The minimum Gasteiger partial charge on any atom is -0.0885 e. The average molecular weight is 260 g/mol. The third-order valence-corrected chi connectivity index (χ3v) is 2.94. The topological polar surface area (TPSA) is 0 Å². The van der Waals surface area contributed by atoms with E-state index in [4.69, 9.17) is 0 Å². The molecule has 0 amide bonds. The Morgan fingerprint density at radius 3 is 1.58 bits per heavy atom. The van der Waals surface area contributed by atoms with Gasteiger partial charge in [-0.05, 0) is 38.5 Å². The maximum atomic E-state index is 2.32. The monoisotopic (exact) mass is 260 g/mol. The molecule has 0 unspecified atom stereocenters. The molecule has 0 saturated carbocycles. The van der Waals surface area contributed by atoms with E-state index in [1.165, 1.54) is 32.1 Å². The Balaban J connectivity index is 3.33. The first-order valence-electron chi connectivity index (χ1n) is 8.01. The summed E-state index contributed by atoms with van der Waals surface area (Å²) < 4.78 is 0. The van der Waals surface area contributed by atoms with Crippen LogP contribution in [0.5, 0.6) is 0 Å². The van der Waals surface area contributed by atoms with Gasteiger partial charge >= 0.3 is 0 Å². The molecule has 0 atom stereocenters.